The highest BCUT2D eigenvalue weighted by atomic mass is 15.1. The molecule has 1 radical (unpaired) electrons. The van der Waals surface area contributed by atoms with Gasteiger partial charge in [0.2, 0.25) is 0 Å². The molecule has 0 bridgehead atoms. The van der Waals surface area contributed by atoms with Gasteiger partial charge < -0.3 is 4.90 Å². The number of hydrogen-bond acceptors (Lipinski definition) is 1. The number of para-hydroxylation sites is 1. The summed E-state index contributed by atoms with van der Waals surface area (Å²) in [6, 6.07) is 8.87. The van der Waals surface area contributed by atoms with E-state index in [-0.39, 0.29) is 0 Å². The summed E-state index contributed by atoms with van der Waals surface area (Å²) in [6.45, 7) is 4.43. The van der Waals surface area contributed by atoms with E-state index in [2.05, 4.69) is 42.5 Å². The number of fused-ring (bicyclic) bond motifs is 1. The molecule has 0 N–H and O–H groups in total. The molecule has 1 aromatic carbocycles. The average Bonchev–Trinajstić information content (AvgIpc) is 2.24. The van der Waals surface area contributed by atoms with E-state index >= 15 is 0 Å². The largest absolute Gasteiger partial charge is 0.371 e. The van der Waals surface area contributed by atoms with E-state index in [1.165, 1.54) is 43.5 Å². The Labute approximate surface area is 93.1 Å². The van der Waals surface area contributed by atoms with Crippen molar-refractivity contribution in [1.29, 1.82) is 0 Å². The molecule has 0 aromatic heterocycles. The van der Waals surface area contributed by atoms with Crippen molar-refractivity contribution in [2.75, 3.05) is 18.0 Å². The lowest BCUT2D eigenvalue weighted by Crippen LogP contribution is -2.27. The maximum absolute atomic E-state index is 2.51. The fourth-order valence-corrected chi connectivity index (χ4v) is 2.36. The van der Waals surface area contributed by atoms with Crippen molar-refractivity contribution in [3.8, 4) is 0 Å². The third kappa shape index (κ3) is 2.53. The van der Waals surface area contributed by atoms with Gasteiger partial charge in [0.05, 0.1) is 0 Å². The fourth-order valence-electron chi connectivity index (χ4n) is 2.36. The number of aryl methyl sites for hydroxylation is 1. The van der Waals surface area contributed by atoms with E-state index < -0.39 is 0 Å². The maximum atomic E-state index is 2.51. The number of anilines is 1. The van der Waals surface area contributed by atoms with Crippen LogP contribution in [-0.2, 0) is 6.42 Å². The summed E-state index contributed by atoms with van der Waals surface area (Å²) >= 11 is 0. The van der Waals surface area contributed by atoms with E-state index in [4.69, 9.17) is 0 Å². The number of nitrogens with zero attached hydrogens (tertiary/aromatic N) is 1. The SMILES string of the molecule is C[CH]CN1CCCCCc2ccccc21. The molecule has 0 aliphatic carbocycles. The third-order valence-corrected chi connectivity index (χ3v) is 3.11. The standard InChI is InChI=1S/C14H20N/c1-2-11-15-12-7-3-4-8-13-9-5-6-10-14(13)15/h2,5-6,9-10H,3-4,7-8,11-12H2,1H3. The summed E-state index contributed by atoms with van der Waals surface area (Å²) in [5.41, 5.74) is 2.98. The number of rotatable bonds is 2. The predicted octanol–water partition coefficient (Wildman–Crippen LogP) is 3.44. The molecule has 1 nitrogen and oxygen atoms in total. The van der Waals surface area contributed by atoms with Crippen LogP contribution in [0.25, 0.3) is 0 Å². The van der Waals surface area contributed by atoms with E-state index in [0.717, 1.165) is 6.54 Å². The molecule has 0 atom stereocenters. The van der Waals surface area contributed by atoms with Gasteiger partial charge in [0, 0.05) is 18.8 Å². The van der Waals surface area contributed by atoms with Crippen molar-refractivity contribution >= 4 is 5.69 Å². The lowest BCUT2D eigenvalue weighted by molar-refractivity contribution is 0.640. The van der Waals surface area contributed by atoms with Gasteiger partial charge in [-0.15, -0.1) is 0 Å². The Hall–Kier alpha value is -0.980. The molecule has 1 aromatic rings. The summed E-state index contributed by atoms with van der Waals surface area (Å²) in [5, 5.41) is 0. The molecule has 0 spiro atoms. The molecule has 0 unspecified atom stereocenters. The molecule has 0 amide bonds. The Morgan fingerprint density at radius 2 is 2.07 bits per heavy atom. The van der Waals surface area contributed by atoms with Gasteiger partial charge in [-0.3, -0.25) is 0 Å². The van der Waals surface area contributed by atoms with Gasteiger partial charge in [-0.05, 0) is 37.3 Å². The van der Waals surface area contributed by atoms with E-state index in [9.17, 15) is 0 Å². The van der Waals surface area contributed by atoms with Crippen LogP contribution < -0.4 is 4.90 Å². The van der Waals surface area contributed by atoms with Gasteiger partial charge in [-0.1, -0.05) is 31.5 Å². The first kappa shape index (κ1) is 10.5. The van der Waals surface area contributed by atoms with Crippen LogP contribution in [0.1, 0.15) is 31.7 Å². The summed E-state index contributed by atoms with van der Waals surface area (Å²) < 4.78 is 0. The van der Waals surface area contributed by atoms with Gasteiger partial charge in [-0.2, -0.15) is 0 Å². The highest BCUT2D eigenvalue weighted by Crippen LogP contribution is 2.25. The van der Waals surface area contributed by atoms with Crippen LogP contribution in [0, 0.1) is 6.42 Å². The van der Waals surface area contributed by atoms with Gasteiger partial charge >= 0.3 is 0 Å². The van der Waals surface area contributed by atoms with Crippen LogP contribution in [0.4, 0.5) is 5.69 Å². The normalized spacial score (nSPS) is 16.7. The zero-order valence-corrected chi connectivity index (χ0v) is 9.58. The molecular formula is C14H20N. The van der Waals surface area contributed by atoms with E-state index in [1.54, 1.807) is 0 Å². The Kier molecular flexibility index (Phi) is 3.65. The van der Waals surface area contributed by atoms with Crippen molar-refractivity contribution < 1.29 is 0 Å². The Morgan fingerprint density at radius 3 is 2.93 bits per heavy atom. The maximum Gasteiger partial charge on any atom is 0.0398 e. The predicted molar refractivity (Wildman–Crippen MR) is 66.2 cm³/mol. The quantitative estimate of drug-likeness (QED) is 0.710. The Morgan fingerprint density at radius 1 is 1.20 bits per heavy atom. The second kappa shape index (κ2) is 5.20. The van der Waals surface area contributed by atoms with Crippen LogP contribution in [0.15, 0.2) is 24.3 Å². The van der Waals surface area contributed by atoms with E-state index in [1.807, 2.05) is 0 Å². The molecule has 81 valence electrons. The van der Waals surface area contributed by atoms with Crippen molar-refractivity contribution in [2.45, 2.75) is 32.6 Å². The summed E-state index contributed by atoms with van der Waals surface area (Å²) in [4.78, 5) is 2.51. The third-order valence-electron chi connectivity index (χ3n) is 3.11. The molecule has 0 saturated heterocycles. The van der Waals surface area contributed by atoms with Crippen LogP contribution in [0.5, 0.6) is 0 Å². The monoisotopic (exact) mass is 202 g/mol. The zero-order chi connectivity index (χ0) is 10.5. The minimum absolute atomic E-state index is 1.08. The van der Waals surface area contributed by atoms with Crippen molar-refractivity contribution in [1.82, 2.24) is 0 Å². The highest BCUT2D eigenvalue weighted by molar-refractivity contribution is 5.54. The first-order valence-electron chi connectivity index (χ1n) is 6.02. The van der Waals surface area contributed by atoms with Gasteiger partial charge in [0.1, 0.15) is 0 Å². The van der Waals surface area contributed by atoms with Gasteiger partial charge in [0.15, 0.2) is 0 Å². The molecule has 2 rings (SSSR count). The smallest absolute Gasteiger partial charge is 0.0398 e. The van der Waals surface area contributed by atoms with Crippen molar-refractivity contribution in [3.63, 3.8) is 0 Å². The fraction of sp³-hybridized carbons (Fsp3) is 0.500. The topological polar surface area (TPSA) is 3.24 Å². The van der Waals surface area contributed by atoms with Crippen molar-refractivity contribution in [2.24, 2.45) is 0 Å². The van der Waals surface area contributed by atoms with Crippen LogP contribution in [0.2, 0.25) is 0 Å². The molecular weight excluding hydrogens is 182 g/mol. The molecule has 1 heterocycles. The first-order chi connectivity index (χ1) is 7.42. The molecule has 1 heteroatoms. The molecule has 15 heavy (non-hydrogen) atoms. The van der Waals surface area contributed by atoms with Gasteiger partial charge in [-0.25, -0.2) is 0 Å². The summed E-state index contributed by atoms with van der Waals surface area (Å²) in [6.07, 6.45) is 7.55. The minimum Gasteiger partial charge on any atom is -0.371 e. The molecule has 1 aliphatic heterocycles. The van der Waals surface area contributed by atoms with Crippen molar-refractivity contribution in [3.05, 3.63) is 36.2 Å². The minimum atomic E-state index is 1.08. The highest BCUT2D eigenvalue weighted by Gasteiger charge is 2.12. The second-order valence-corrected chi connectivity index (χ2v) is 4.29. The zero-order valence-electron chi connectivity index (χ0n) is 9.58. The second-order valence-electron chi connectivity index (χ2n) is 4.29. The number of hydrogen-bond donors (Lipinski definition) is 0. The van der Waals surface area contributed by atoms with Crippen LogP contribution >= 0.6 is 0 Å². The lowest BCUT2D eigenvalue weighted by Gasteiger charge is -2.28. The summed E-state index contributed by atoms with van der Waals surface area (Å²) in [5.74, 6) is 0. The van der Waals surface area contributed by atoms with Crippen LogP contribution in [-0.4, -0.2) is 13.1 Å². The average molecular weight is 202 g/mol. The Balaban J connectivity index is 2.25. The molecule has 1 aliphatic rings. The van der Waals surface area contributed by atoms with E-state index in [0.29, 0.717) is 0 Å². The first-order valence-corrected chi connectivity index (χ1v) is 6.02. The Bertz CT molecular complexity index is 306. The molecule has 0 saturated carbocycles. The van der Waals surface area contributed by atoms with Gasteiger partial charge in [0.25, 0.3) is 0 Å². The summed E-state index contributed by atoms with van der Waals surface area (Å²) in [7, 11) is 0. The van der Waals surface area contributed by atoms with Crippen LogP contribution in [0.3, 0.4) is 0 Å². The number of benzene rings is 1. The molecule has 0 fully saturated rings. The lowest BCUT2D eigenvalue weighted by atomic mass is 10.0.